The maximum Gasteiger partial charge on any atom is 0.407 e. The van der Waals surface area contributed by atoms with Crippen LogP contribution in [0.5, 0.6) is 0 Å². The number of rotatable bonds is 18. The van der Waals surface area contributed by atoms with Crippen LogP contribution < -0.4 is 5.73 Å². The molecule has 3 N–H and O–H groups in total. The number of carbonyl (C=O) groups excluding carboxylic acids is 1. The van der Waals surface area contributed by atoms with Gasteiger partial charge < -0.3 is 15.6 Å². The first-order chi connectivity index (χ1) is 12.6. The molecule has 152 valence electrons. The molecule has 0 fully saturated rings. The van der Waals surface area contributed by atoms with Crippen LogP contribution in [0.3, 0.4) is 0 Å². The Balaban J connectivity index is 3.47. The van der Waals surface area contributed by atoms with E-state index in [0.717, 1.165) is 30.6 Å². The van der Waals surface area contributed by atoms with Crippen molar-refractivity contribution in [1.82, 2.24) is 4.90 Å². The van der Waals surface area contributed by atoms with E-state index in [4.69, 9.17) is 10.8 Å². The van der Waals surface area contributed by atoms with E-state index >= 15 is 0 Å². The van der Waals surface area contributed by atoms with Gasteiger partial charge in [0.05, 0.1) is 6.54 Å². The second-order valence-corrected chi connectivity index (χ2v) is 7.13. The van der Waals surface area contributed by atoms with Crippen molar-refractivity contribution >= 4 is 12.4 Å². The summed E-state index contributed by atoms with van der Waals surface area (Å²) in [5.74, 6) is 0. The highest BCUT2D eigenvalue weighted by molar-refractivity contribution is 5.69. The number of allylic oxidation sites excluding steroid dienone is 2. The highest BCUT2D eigenvalue weighted by Gasteiger charge is 2.14. The molecule has 0 aromatic carbocycles. The Morgan fingerprint density at radius 1 is 0.962 bits per heavy atom. The van der Waals surface area contributed by atoms with E-state index in [1.165, 1.54) is 57.8 Å². The van der Waals surface area contributed by atoms with Crippen molar-refractivity contribution in [2.24, 2.45) is 5.73 Å². The van der Waals surface area contributed by atoms with Crippen molar-refractivity contribution in [2.45, 2.75) is 96.4 Å². The largest absolute Gasteiger partial charge is 0.465 e. The monoisotopic (exact) mass is 368 g/mol. The topological polar surface area (TPSA) is 83.6 Å². The van der Waals surface area contributed by atoms with Crippen molar-refractivity contribution in [2.75, 3.05) is 13.1 Å². The third-order valence-electron chi connectivity index (χ3n) is 4.61. The van der Waals surface area contributed by atoms with Gasteiger partial charge in [0, 0.05) is 12.6 Å². The van der Waals surface area contributed by atoms with Crippen LogP contribution in [-0.2, 0) is 4.79 Å². The smallest absolute Gasteiger partial charge is 0.407 e. The zero-order valence-corrected chi connectivity index (χ0v) is 16.7. The van der Waals surface area contributed by atoms with Crippen LogP contribution in [0.2, 0.25) is 0 Å². The Morgan fingerprint density at radius 2 is 1.50 bits per heavy atom. The Morgan fingerprint density at radius 3 is 2.04 bits per heavy atom. The molecular weight excluding hydrogens is 328 g/mol. The lowest BCUT2D eigenvalue weighted by Gasteiger charge is -2.20. The van der Waals surface area contributed by atoms with Gasteiger partial charge in [-0.1, -0.05) is 70.4 Å². The zero-order valence-electron chi connectivity index (χ0n) is 16.7. The number of amides is 1. The Labute approximate surface area is 160 Å². The second-order valence-electron chi connectivity index (χ2n) is 7.13. The molecule has 0 aliphatic carbocycles. The van der Waals surface area contributed by atoms with Crippen molar-refractivity contribution in [3.63, 3.8) is 0 Å². The van der Waals surface area contributed by atoms with Gasteiger partial charge in [0.15, 0.2) is 0 Å². The summed E-state index contributed by atoms with van der Waals surface area (Å²) in [7, 11) is 0. The van der Waals surface area contributed by atoms with Crippen molar-refractivity contribution in [3.05, 3.63) is 12.2 Å². The summed E-state index contributed by atoms with van der Waals surface area (Å²) in [6.07, 6.45) is 20.0. The number of carboxylic acid groups (broad SMARTS) is 1. The molecule has 1 amide bonds. The number of aldehydes is 1. The first-order valence-electron chi connectivity index (χ1n) is 10.4. The Hall–Kier alpha value is -1.36. The van der Waals surface area contributed by atoms with E-state index in [1.54, 1.807) is 0 Å². The van der Waals surface area contributed by atoms with E-state index < -0.39 is 6.09 Å². The van der Waals surface area contributed by atoms with Crippen LogP contribution in [0, 0.1) is 0 Å². The molecule has 0 saturated carbocycles. The van der Waals surface area contributed by atoms with E-state index in [9.17, 15) is 9.59 Å². The Kier molecular flexibility index (Phi) is 17.5. The fourth-order valence-corrected chi connectivity index (χ4v) is 3.00. The molecule has 0 saturated heterocycles. The molecule has 5 nitrogen and oxygen atoms in total. The van der Waals surface area contributed by atoms with Gasteiger partial charge in [-0.05, 0) is 32.1 Å². The molecule has 0 radical (unpaired) electrons. The first-order valence-corrected chi connectivity index (χ1v) is 10.4. The van der Waals surface area contributed by atoms with Crippen molar-refractivity contribution in [1.29, 1.82) is 0 Å². The molecule has 0 aromatic heterocycles. The minimum atomic E-state index is -1.09. The number of carbonyl (C=O) groups is 2. The van der Waals surface area contributed by atoms with Crippen molar-refractivity contribution < 1.29 is 14.7 Å². The van der Waals surface area contributed by atoms with Crippen molar-refractivity contribution in [3.8, 4) is 0 Å². The quantitative estimate of drug-likeness (QED) is 0.199. The molecule has 0 rings (SSSR count). The van der Waals surface area contributed by atoms with Gasteiger partial charge in [-0.2, -0.15) is 0 Å². The fraction of sp³-hybridized carbons (Fsp3) is 0.810. The second kappa shape index (κ2) is 18.4. The molecule has 0 spiro atoms. The highest BCUT2D eigenvalue weighted by Crippen LogP contribution is 2.11. The molecular formula is C21H40N2O3. The lowest BCUT2D eigenvalue weighted by molar-refractivity contribution is -0.108. The molecule has 0 aliphatic rings. The van der Waals surface area contributed by atoms with Crippen LogP contribution in [0.1, 0.15) is 90.4 Å². The number of unbranched alkanes of at least 4 members (excludes halogenated alkanes) is 10. The van der Waals surface area contributed by atoms with E-state index in [1.807, 2.05) is 0 Å². The molecule has 0 aliphatic heterocycles. The third-order valence-corrected chi connectivity index (χ3v) is 4.61. The predicted molar refractivity (Wildman–Crippen MR) is 108 cm³/mol. The summed E-state index contributed by atoms with van der Waals surface area (Å²) in [5, 5.41) is 8.95. The zero-order chi connectivity index (χ0) is 19.5. The first kappa shape index (κ1) is 24.6. The van der Waals surface area contributed by atoms with Gasteiger partial charge in [0.1, 0.15) is 6.29 Å². The van der Waals surface area contributed by atoms with Gasteiger partial charge in [-0.15, -0.1) is 0 Å². The maximum absolute atomic E-state index is 10.9. The van der Waals surface area contributed by atoms with Crippen LogP contribution in [0.25, 0.3) is 0 Å². The Bertz CT molecular complexity index is 372. The fourth-order valence-electron chi connectivity index (χ4n) is 3.00. The molecule has 5 heteroatoms. The van der Waals surface area contributed by atoms with Gasteiger partial charge in [-0.25, -0.2) is 4.79 Å². The normalized spacial score (nSPS) is 12.4. The number of hydrogen-bond acceptors (Lipinski definition) is 3. The van der Waals surface area contributed by atoms with Crippen LogP contribution in [-0.4, -0.2) is 41.5 Å². The van der Waals surface area contributed by atoms with Gasteiger partial charge in [-0.3, -0.25) is 4.90 Å². The minimum Gasteiger partial charge on any atom is -0.465 e. The standard InChI is InChI=1S/C21H40N2O3/c1-2-3-4-5-6-7-8-9-10-11-12-13-14-15-16-20(22)19-23(17-18-24)21(25)26/h12-13,18,20H,2-11,14-17,19,22H2,1H3,(H,25,26). The molecule has 1 unspecified atom stereocenters. The third kappa shape index (κ3) is 16.1. The average Bonchev–Trinajstić information content (AvgIpc) is 2.61. The SMILES string of the molecule is CCCCCCCCCCCC=CCCCC(N)CN(CC=O)C(=O)O. The van der Waals surface area contributed by atoms with E-state index in [2.05, 4.69) is 19.1 Å². The lowest BCUT2D eigenvalue weighted by Crippen LogP contribution is -2.41. The molecule has 26 heavy (non-hydrogen) atoms. The minimum absolute atomic E-state index is 0.109. The summed E-state index contributed by atoms with van der Waals surface area (Å²) >= 11 is 0. The summed E-state index contributed by atoms with van der Waals surface area (Å²) in [6, 6.07) is -0.211. The number of nitrogens with two attached hydrogens (primary N) is 1. The van der Waals surface area contributed by atoms with Gasteiger partial charge >= 0.3 is 6.09 Å². The number of hydrogen-bond donors (Lipinski definition) is 2. The van der Waals surface area contributed by atoms with Crippen LogP contribution in [0.4, 0.5) is 4.79 Å². The van der Waals surface area contributed by atoms with Gasteiger partial charge in [0.2, 0.25) is 0 Å². The van der Waals surface area contributed by atoms with Gasteiger partial charge in [0.25, 0.3) is 0 Å². The lowest BCUT2D eigenvalue weighted by atomic mass is 10.1. The predicted octanol–water partition coefficient (Wildman–Crippen LogP) is 5.14. The molecule has 0 bridgehead atoms. The average molecular weight is 369 g/mol. The summed E-state index contributed by atoms with van der Waals surface area (Å²) in [6.45, 7) is 2.36. The van der Waals surface area contributed by atoms with Crippen LogP contribution >= 0.6 is 0 Å². The highest BCUT2D eigenvalue weighted by atomic mass is 16.4. The molecule has 1 atom stereocenters. The summed E-state index contributed by atoms with van der Waals surface area (Å²) in [5.41, 5.74) is 5.94. The summed E-state index contributed by atoms with van der Waals surface area (Å²) < 4.78 is 0. The summed E-state index contributed by atoms with van der Waals surface area (Å²) in [4.78, 5) is 22.4. The maximum atomic E-state index is 10.9. The van der Waals surface area contributed by atoms with Crippen LogP contribution in [0.15, 0.2) is 12.2 Å². The number of nitrogens with zero attached hydrogens (tertiary/aromatic N) is 1. The molecule has 0 aromatic rings. The molecule has 0 heterocycles. The van der Waals surface area contributed by atoms with E-state index in [0.29, 0.717) is 6.29 Å². The van der Waals surface area contributed by atoms with E-state index in [-0.39, 0.29) is 19.1 Å².